The number of hydrogen-bond acceptors (Lipinski definition) is 3. The minimum absolute atomic E-state index is 0.133. The summed E-state index contributed by atoms with van der Waals surface area (Å²) in [6, 6.07) is 16.8. The highest BCUT2D eigenvalue weighted by Gasteiger charge is 2.22. The van der Waals surface area contributed by atoms with Crippen molar-refractivity contribution in [3.63, 3.8) is 0 Å². The predicted molar refractivity (Wildman–Crippen MR) is 98.5 cm³/mol. The van der Waals surface area contributed by atoms with Crippen LogP contribution in [0.1, 0.15) is 35.9 Å². The summed E-state index contributed by atoms with van der Waals surface area (Å²) in [5.74, 6) is -0.0699. The number of rotatable bonds is 4. The molecule has 0 saturated heterocycles. The van der Waals surface area contributed by atoms with Crippen molar-refractivity contribution in [3.05, 3.63) is 76.2 Å². The van der Waals surface area contributed by atoms with Crippen molar-refractivity contribution in [2.45, 2.75) is 19.9 Å². The molecule has 25 heavy (non-hydrogen) atoms. The second-order valence-corrected chi connectivity index (χ2v) is 6.43. The van der Waals surface area contributed by atoms with Crippen molar-refractivity contribution in [3.8, 4) is 0 Å². The first-order valence-corrected chi connectivity index (χ1v) is 8.31. The average molecular weight is 335 g/mol. The molecule has 0 fully saturated rings. The SMILES string of the molecule is CC(C)[C@H](NC(=O)c1nn(C)c(=O)c2ccccc12)c1ccccc1. The minimum Gasteiger partial charge on any atom is -0.344 e. The summed E-state index contributed by atoms with van der Waals surface area (Å²) >= 11 is 0. The third-order valence-electron chi connectivity index (χ3n) is 4.28. The molecule has 3 rings (SSSR count). The van der Waals surface area contributed by atoms with Crippen LogP contribution in [0.25, 0.3) is 10.8 Å². The van der Waals surface area contributed by atoms with Crippen LogP contribution >= 0.6 is 0 Å². The van der Waals surface area contributed by atoms with Crippen molar-refractivity contribution in [2.24, 2.45) is 13.0 Å². The standard InChI is InChI=1S/C20H21N3O2/c1-13(2)17(14-9-5-4-6-10-14)21-19(24)18-15-11-7-8-12-16(15)20(25)23(3)22-18/h4-13,17H,1-3H3,(H,21,24)/t17-/m0/s1. The van der Waals surface area contributed by atoms with E-state index >= 15 is 0 Å². The smallest absolute Gasteiger partial charge is 0.274 e. The zero-order valence-electron chi connectivity index (χ0n) is 14.6. The molecular formula is C20H21N3O2. The number of benzene rings is 2. The van der Waals surface area contributed by atoms with Crippen molar-refractivity contribution in [1.82, 2.24) is 15.1 Å². The van der Waals surface area contributed by atoms with E-state index in [2.05, 4.69) is 24.3 Å². The van der Waals surface area contributed by atoms with Crippen LogP contribution in [0, 0.1) is 5.92 Å². The predicted octanol–water partition coefficient (Wildman–Crippen LogP) is 3.06. The highest BCUT2D eigenvalue weighted by Crippen LogP contribution is 2.22. The summed E-state index contributed by atoms with van der Waals surface area (Å²) in [5.41, 5.74) is 1.09. The van der Waals surface area contributed by atoms with Crippen molar-refractivity contribution < 1.29 is 4.79 Å². The van der Waals surface area contributed by atoms with Crippen LogP contribution in [0.2, 0.25) is 0 Å². The van der Waals surface area contributed by atoms with Gasteiger partial charge in [0.1, 0.15) is 0 Å². The van der Waals surface area contributed by atoms with Gasteiger partial charge in [0.05, 0.1) is 11.4 Å². The number of carbonyl (C=O) groups excluding carboxylic acids is 1. The fraction of sp³-hybridized carbons (Fsp3) is 0.250. The van der Waals surface area contributed by atoms with Gasteiger partial charge in [0.2, 0.25) is 0 Å². The van der Waals surface area contributed by atoms with Gasteiger partial charge in [-0.15, -0.1) is 0 Å². The summed E-state index contributed by atoms with van der Waals surface area (Å²) in [6.07, 6.45) is 0. The summed E-state index contributed by atoms with van der Waals surface area (Å²) < 4.78 is 1.21. The molecule has 1 atom stereocenters. The van der Waals surface area contributed by atoms with Crippen LogP contribution < -0.4 is 10.9 Å². The molecule has 1 aromatic heterocycles. The fourth-order valence-electron chi connectivity index (χ4n) is 2.97. The monoisotopic (exact) mass is 335 g/mol. The molecule has 3 aromatic rings. The van der Waals surface area contributed by atoms with Gasteiger partial charge in [-0.2, -0.15) is 5.10 Å². The maximum atomic E-state index is 12.9. The first-order chi connectivity index (χ1) is 12.0. The van der Waals surface area contributed by atoms with Gasteiger partial charge in [0.25, 0.3) is 11.5 Å². The van der Waals surface area contributed by atoms with Gasteiger partial charge in [-0.25, -0.2) is 4.68 Å². The lowest BCUT2D eigenvalue weighted by atomic mass is 9.96. The largest absolute Gasteiger partial charge is 0.344 e. The van der Waals surface area contributed by atoms with Gasteiger partial charge in [-0.3, -0.25) is 9.59 Å². The second kappa shape index (κ2) is 6.89. The number of carbonyl (C=O) groups is 1. The minimum atomic E-state index is -0.283. The average Bonchev–Trinajstić information content (AvgIpc) is 2.63. The van der Waals surface area contributed by atoms with Crippen molar-refractivity contribution in [2.75, 3.05) is 0 Å². The lowest BCUT2D eigenvalue weighted by Gasteiger charge is -2.23. The van der Waals surface area contributed by atoms with E-state index in [9.17, 15) is 9.59 Å². The first-order valence-electron chi connectivity index (χ1n) is 8.31. The van der Waals surface area contributed by atoms with E-state index in [0.29, 0.717) is 10.8 Å². The molecule has 5 nitrogen and oxygen atoms in total. The lowest BCUT2D eigenvalue weighted by molar-refractivity contribution is 0.0920. The highest BCUT2D eigenvalue weighted by atomic mass is 16.2. The number of amides is 1. The molecule has 0 aliphatic heterocycles. The van der Waals surface area contributed by atoms with Crippen LogP contribution in [0.15, 0.2) is 59.4 Å². The maximum absolute atomic E-state index is 12.9. The van der Waals surface area contributed by atoms with Crippen LogP contribution in [0.3, 0.4) is 0 Å². The number of hydrogen-bond donors (Lipinski definition) is 1. The molecule has 1 heterocycles. The highest BCUT2D eigenvalue weighted by molar-refractivity contribution is 6.04. The first kappa shape index (κ1) is 16.9. The molecule has 2 aromatic carbocycles. The normalized spacial score (nSPS) is 12.3. The molecule has 0 radical (unpaired) electrons. The van der Waals surface area contributed by atoms with E-state index in [-0.39, 0.29) is 29.1 Å². The maximum Gasteiger partial charge on any atom is 0.274 e. The third kappa shape index (κ3) is 3.31. The van der Waals surface area contributed by atoms with E-state index in [1.54, 1.807) is 31.3 Å². The summed E-state index contributed by atoms with van der Waals surface area (Å²) in [5, 5.41) is 8.33. The van der Waals surface area contributed by atoms with Crippen LogP contribution in [-0.2, 0) is 7.05 Å². The number of nitrogens with one attached hydrogen (secondary N) is 1. The van der Waals surface area contributed by atoms with Gasteiger partial charge in [-0.1, -0.05) is 62.4 Å². The van der Waals surface area contributed by atoms with Crippen LogP contribution in [0.5, 0.6) is 0 Å². The van der Waals surface area contributed by atoms with Crippen molar-refractivity contribution >= 4 is 16.7 Å². The number of aromatic nitrogens is 2. The Kier molecular flexibility index (Phi) is 4.65. The molecule has 0 aliphatic carbocycles. The van der Waals surface area contributed by atoms with E-state index < -0.39 is 0 Å². The molecule has 128 valence electrons. The third-order valence-corrected chi connectivity index (χ3v) is 4.28. The van der Waals surface area contributed by atoms with Gasteiger partial charge >= 0.3 is 0 Å². The lowest BCUT2D eigenvalue weighted by Crippen LogP contribution is -2.34. The Morgan fingerprint density at radius 2 is 1.60 bits per heavy atom. The number of aryl methyl sites for hydroxylation is 1. The number of fused-ring (bicyclic) bond motifs is 1. The van der Waals surface area contributed by atoms with Gasteiger partial charge in [0, 0.05) is 12.4 Å². The van der Waals surface area contributed by atoms with E-state index in [1.165, 1.54) is 4.68 Å². The Labute approximate surface area is 146 Å². The molecule has 1 N–H and O–H groups in total. The van der Waals surface area contributed by atoms with Crippen molar-refractivity contribution in [1.29, 1.82) is 0 Å². The zero-order valence-corrected chi connectivity index (χ0v) is 14.6. The van der Waals surface area contributed by atoms with Gasteiger partial charge in [0.15, 0.2) is 5.69 Å². The molecule has 5 heteroatoms. The fourth-order valence-corrected chi connectivity index (χ4v) is 2.97. The molecule has 0 saturated carbocycles. The van der Waals surface area contributed by atoms with Gasteiger partial charge < -0.3 is 5.32 Å². The topological polar surface area (TPSA) is 64.0 Å². The molecule has 0 aliphatic rings. The molecular weight excluding hydrogens is 314 g/mol. The Morgan fingerprint density at radius 1 is 1.00 bits per heavy atom. The summed E-state index contributed by atoms with van der Waals surface area (Å²) in [7, 11) is 1.56. The zero-order chi connectivity index (χ0) is 18.0. The van der Waals surface area contributed by atoms with Crippen LogP contribution in [-0.4, -0.2) is 15.7 Å². The Morgan fingerprint density at radius 3 is 2.24 bits per heavy atom. The Balaban J connectivity index is 2.02. The quantitative estimate of drug-likeness (QED) is 0.797. The van der Waals surface area contributed by atoms with E-state index in [1.807, 2.05) is 30.3 Å². The molecule has 0 spiro atoms. The van der Waals surface area contributed by atoms with Gasteiger partial charge in [-0.05, 0) is 17.5 Å². The number of nitrogens with zero attached hydrogens (tertiary/aromatic N) is 2. The molecule has 1 amide bonds. The van der Waals surface area contributed by atoms with Crippen LogP contribution in [0.4, 0.5) is 0 Å². The Hall–Kier alpha value is -2.95. The van der Waals surface area contributed by atoms with E-state index in [0.717, 1.165) is 5.56 Å². The Bertz CT molecular complexity index is 962. The molecule has 0 unspecified atom stereocenters. The van der Waals surface area contributed by atoms with E-state index in [4.69, 9.17) is 0 Å². The summed E-state index contributed by atoms with van der Waals surface area (Å²) in [4.78, 5) is 25.1. The molecule has 0 bridgehead atoms. The second-order valence-electron chi connectivity index (χ2n) is 6.43. The summed E-state index contributed by atoms with van der Waals surface area (Å²) in [6.45, 7) is 4.12.